The Balaban J connectivity index is 1.44. The number of carbonyl (C=O) groups is 2. The van der Waals surface area contributed by atoms with E-state index < -0.39 is 5.60 Å². The Bertz CT molecular complexity index is 860. The van der Waals surface area contributed by atoms with Gasteiger partial charge in [0, 0.05) is 24.3 Å². The van der Waals surface area contributed by atoms with Crippen molar-refractivity contribution >= 4 is 17.5 Å². The number of benzene rings is 2. The Kier molecular flexibility index (Phi) is 5.05. The lowest BCUT2D eigenvalue weighted by Crippen LogP contribution is -2.59. The molecular formula is C22H24N2O4. The van der Waals surface area contributed by atoms with Crippen molar-refractivity contribution in [3.05, 3.63) is 60.2 Å². The van der Waals surface area contributed by atoms with E-state index in [2.05, 4.69) is 0 Å². The number of para-hydroxylation sites is 1. The van der Waals surface area contributed by atoms with E-state index >= 15 is 0 Å². The average molecular weight is 380 g/mol. The van der Waals surface area contributed by atoms with E-state index in [4.69, 9.17) is 9.47 Å². The molecule has 2 aliphatic heterocycles. The predicted octanol–water partition coefficient (Wildman–Crippen LogP) is 2.73. The van der Waals surface area contributed by atoms with Crippen molar-refractivity contribution in [3.63, 3.8) is 0 Å². The minimum atomic E-state index is -0.394. The summed E-state index contributed by atoms with van der Waals surface area (Å²) >= 11 is 0. The van der Waals surface area contributed by atoms with Gasteiger partial charge in [0.2, 0.25) is 0 Å². The van der Waals surface area contributed by atoms with E-state index in [0.717, 1.165) is 5.69 Å². The fraction of sp³-hybridized carbons (Fsp3) is 0.364. The first-order chi connectivity index (χ1) is 13.6. The number of hydrogen-bond donors (Lipinski definition) is 0. The molecule has 0 saturated carbocycles. The molecule has 2 aromatic rings. The fourth-order valence-electron chi connectivity index (χ4n) is 3.92. The quantitative estimate of drug-likeness (QED) is 0.822. The minimum Gasteiger partial charge on any atom is -0.497 e. The zero-order valence-corrected chi connectivity index (χ0v) is 16.0. The number of rotatable bonds is 3. The molecule has 0 atom stereocenters. The molecule has 2 amide bonds. The third kappa shape index (κ3) is 3.60. The molecule has 6 nitrogen and oxygen atoms in total. The van der Waals surface area contributed by atoms with Gasteiger partial charge in [-0.1, -0.05) is 24.3 Å². The van der Waals surface area contributed by atoms with Crippen LogP contribution < -0.4 is 9.64 Å². The molecule has 0 unspecified atom stereocenters. The number of likely N-dealkylation sites (tertiary alicyclic amines) is 1. The first-order valence-electron chi connectivity index (χ1n) is 9.53. The highest BCUT2D eigenvalue weighted by molar-refractivity contribution is 5.96. The lowest BCUT2D eigenvalue weighted by atomic mass is 9.88. The molecule has 2 aliphatic rings. The molecule has 146 valence electrons. The van der Waals surface area contributed by atoms with Crippen molar-refractivity contribution in [2.24, 2.45) is 0 Å². The van der Waals surface area contributed by atoms with Gasteiger partial charge in [-0.15, -0.1) is 0 Å². The molecule has 0 aromatic heterocycles. The predicted molar refractivity (Wildman–Crippen MR) is 106 cm³/mol. The lowest BCUT2D eigenvalue weighted by molar-refractivity contribution is -0.143. The van der Waals surface area contributed by atoms with Crippen LogP contribution in [0.5, 0.6) is 5.75 Å². The Morgan fingerprint density at radius 3 is 2.54 bits per heavy atom. The average Bonchev–Trinajstić information content (AvgIpc) is 2.76. The van der Waals surface area contributed by atoms with E-state index in [1.54, 1.807) is 13.2 Å². The van der Waals surface area contributed by atoms with Crippen LogP contribution in [0.15, 0.2) is 54.6 Å². The summed E-state index contributed by atoms with van der Waals surface area (Å²) in [6.45, 7) is 1.81. The molecule has 0 radical (unpaired) electrons. The van der Waals surface area contributed by atoms with Crippen LogP contribution in [-0.2, 0) is 9.53 Å². The van der Waals surface area contributed by atoms with Gasteiger partial charge < -0.3 is 19.3 Å². The number of morpholine rings is 1. The number of ether oxygens (including phenoxy) is 2. The molecule has 4 rings (SSSR count). The Labute approximate surface area is 164 Å². The molecule has 2 saturated heterocycles. The van der Waals surface area contributed by atoms with Crippen LogP contribution in [0.25, 0.3) is 0 Å². The molecule has 1 spiro atoms. The third-order valence-electron chi connectivity index (χ3n) is 5.60. The second-order valence-corrected chi connectivity index (χ2v) is 7.31. The highest BCUT2D eigenvalue weighted by Crippen LogP contribution is 2.33. The fourth-order valence-corrected chi connectivity index (χ4v) is 3.92. The van der Waals surface area contributed by atoms with Crippen LogP contribution in [0.1, 0.15) is 23.2 Å². The Morgan fingerprint density at radius 2 is 1.82 bits per heavy atom. The third-order valence-corrected chi connectivity index (χ3v) is 5.60. The van der Waals surface area contributed by atoms with Crippen LogP contribution >= 0.6 is 0 Å². The number of carbonyl (C=O) groups excluding carboxylic acids is 2. The number of methoxy groups -OCH3 is 1. The molecule has 2 heterocycles. The number of anilines is 1. The van der Waals surface area contributed by atoms with Gasteiger partial charge in [0.05, 0.1) is 19.3 Å². The van der Waals surface area contributed by atoms with E-state index in [0.29, 0.717) is 43.8 Å². The van der Waals surface area contributed by atoms with Crippen LogP contribution in [0.3, 0.4) is 0 Å². The maximum absolute atomic E-state index is 12.8. The maximum atomic E-state index is 12.8. The smallest absolute Gasteiger partial charge is 0.253 e. The monoisotopic (exact) mass is 380 g/mol. The number of piperidine rings is 1. The SMILES string of the molecule is COc1cccc(C(=O)N2CCC3(CC2)CN(c2ccccc2)C(=O)CO3)c1. The van der Waals surface area contributed by atoms with Crippen molar-refractivity contribution < 1.29 is 19.1 Å². The number of nitrogens with zero attached hydrogens (tertiary/aromatic N) is 2. The second kappa shape index (κ2) is 7.64. The maximum Gasteiger partial charge on any atom is 0.253 e. The van der Waals surface area contributed by atoms with Crippen molar-refractivity contribution in [1.82, 2.24) is 4.90 Å². The zero-order valence-electron chi connectivity index (χ0n) is 16.0. The normalized spacial score (nSPS) is 19.0. The van der Waals surface area contributed by atoms with Crippen molar-refractivity contribution in [3.8, 4) is 5.75 Å². The number of hydrogen-bond acceptors (Lipinski definition) is 4. The van der Waals surface area contributed by atoms with Gasteiger partial charge in [-0.25, -0.2) is 0 Å². The topological polar surface area (TPSA) is 59.1 Å². The minimum absolute atomic E-state index is 0.000510. The van der Waals surface area contributed by atoms with Crippen LogP contribution in [-0.4, -0.2) is 55.7 Å². The summed E-state index contributed by atoms with van der Waals surface area (Å²) in [6, 6.07) is 16.9. The van der Waals surface area contributed by atoms with Gasteiger partial charge in [-0.3, -0.25) is 9.59 Å². The van der Waals surface area contributed by atoms with Gasteiger partial charge in [0.25, 0.3) is 11.8 Å². The van der Waals surface area contributed by atoms with Crippen molar-refractivity contribution in [2.45, 2.75) is 18.4 Å². The van der Waals surface area contributed by atoms with Gasteiger partial charge in [-0.05, 0) is 43.2 Å². The summed E-state index contributed by atoms with van der Waals surface area (Å²) in [7, 11) is 1.59. The molecule has 0 N–H and O–H groups in total. The second-order valence-electron chi connectivity index (χ2n) is 7.31. The van der Waals surface area contributed by atoms with Gasteiger partial charge >= 0.3 is 0 Å². The largest absolute Gasteiger partial charge is 0.497 e. The van der Waals surface area contributed by atoms with E-state index in [9.17, 15) is 9.59 Å². The van der Waals surface area contributed by atoms with Gasteiger partial charge in [0.1, 0.15) is 12.4 Å². The summed E-state index contributed by atoms with van der Waals surface area (Å²) in [4.78, 5) is 28.9. The summed E-state index contributed by atoms with van der Waals surface area (Å²) in [6.07, 6.45) is 1.42. The number of amides is 2. The molecule has 28 heavy (non-hydrogen) atoms. The summed E-state index contributed by atoms with van der Waals surface area (Å²) in [5.74, 6) is 0.652. The van der Waals surface area contributed by atoms with Crippen molar-refractivity contribution in [1.29, 1.82) is 0 Å². The standard InChI is InChI=1S/C22H24N2O4/c1-27-19-9-5-6-17(14-19)21(26)23-12-10-22(11-13-23)16-24(20(25)15-28-22)18-7-3-2-4-8-18/h2-9,14H,10-13,15-16H2,1H3. The molecule has 2 fully saturated rings. The molecule has 0 aliphatic carbocycles. The zero-order chi connectivity index (χ0) is 19.6. The highest BCUT2D eigenvalue weighted by Gasteiger charge is 2.43. The van der Waals surface area contributed by atoms with E-state index in [-0.39, 0.29) is 18.4 Å². The van der Waals surface area contributed by atoms with Crippen LogP contribution in [0.2, 0.25) is 0 Å². The lowest BCUT2D eigenvalue weighted by Gasteiger charge is -2.47. The van der Waals surface area contributed by atoms with Gasteiger partial charge in [-0.2, -0.15) is 0 Å². The molecule has 6 heteroatoms. The highest BCUT2D eigenvalue weighted by atomic mass is 16.5. The molecular weight excluding hydrogens is 356 g/mol. The summed E-state index contributed by atoms with van der Waals surface area (Å²) in [5.41, 5.74) is 1.13. The summed E-state index contributed by atoms with van der Waals surface area (Å²) < 4.78 is 11.2. The first kappa shape index (κ1) is 18.5. The Hall–Kier alpha value is -2.86. The van der Waals surface area contributed by atoms with Crippen LogP contribution in [0.4, 0.5) is 5.69 Å². The Morgan fingerprint density at radius 1 is 1.07 bits per heavy atom. The van der Waals surface area contributed by atoms with Crippen LogP contribution in [0, 0.1) is 0 Å². The first-order valence-corrected chi connectivity index (χ1v) is 9.53. The van der Waals surface area contributed by atoms with Crippen molar-refractivity contribution in [2.75, 3.05) is 38.3 Å². The van der Waals surface area contributed by atoms with E-state index in [1.165, 1.54) is 0 Å². The summed E-state index contributed by atoms with van der Waals surface area (Å²) in [5, 5.41) is 0. The molecule has 2 aromatic carbocycles. The molecule has 0 bridgehead atoms. The van der Waals surface area contributed by atoms with E-state index in [1.807, 2.05) is 58.3 Å². The van der Waals surface area contributed by atoms with Gasteiger partial charge in [0.15, 0.2) is 0 Å².